The molecule has 3 aromatic carbocycles. The van der Waals surface area contributed by atoms with Gasteiger partial charge >= 0.3 is 0 Å². The number of aliphatic hydroxyl groups excluding tert-OH is 1. The van der Waals surface area contributed by atoms with E-state index in [1.54, 1.807) is 19.2 Å². The second-order valence-corrected chi connectivity index (χ2v) is 7.96. The van der Waals surface area contributed by atoms with Crippen molar-refractivity contribution in [1.82, 2.24) is 14.9 Å². The zero-order chi connectivity index (χ0) is 23.9. The fraction of sp³-hybridized carbons (Fsp3) is 0.148. The van der Waals surface area contributed by atoms with E-state index < -0.39 is 6.10 Å². The lowest BCUT2D eigenvalue weighted by atomic mass is 10.1. The first-order chi connectivity index (χ1) is 16.5. The second kappa shape index (κ2) is 10.6. The van der Waals surface area contributed by atoms with Crippen LogP contribution in [0.15, 0.2) is 91.1 Å². The first-order valence-electron chi connectivity index (χ1n) is 10.9. The minimum atomic E-state index is -0.950. The van der Waals surface area contributed by atoms with Crippen LogP contribution in [-0.4, -0.2) is 44.6 Å². The summed E-state index contributed by atoms with van der Waals surface area (Å²) in [5.41, 5.74) is 3.25. The van der Waals surface area contributed by atoms with E-state index in [1.165, 1.54) is 23.2 Å². The van der Waals surface area contributed by atoms with Crippen LogP contribution in [0.5, 0.6) is 5.75 Å². The molecular formula is C27H26N4O3. The molecule has 1 atom stereocenters. The van der Waals surface area contributed by atoms with Crippen molar-refractivity contribution in [1.29, 1.82) is 0 Å². The summed E-state index contributed by atoms with van der Waals surface area (Å²) in [6.45, 7) is 0.600. The second-order valence-electron chi connectivity index (χ2n) is 7.96. The minimum Gasteiger partial charge on any atom is -0.508 e. The Hall–Kier alpha value is -4.23. The van der Waals surface area contributed by atoms with Gasteiger partial charge in [0, 0.05) is 25.4 Å². The number of amides is 1. The molecule has 0 aliphatic carbocycles. The molecule has 1 heterocycles. The number of aliphatic hydroxyl groups is 1. The average molecular weight is 455 g/mol. The van der Waals surface area contributed by atoms with E-state index in [1.807, 2.05) is 60.7 Å². The first kappa shape index (κ1) is 22.9. The van der Waals surface area contributed by atoms with Gasteiger partial charge in [0.15, 0.2) is 0 Å². The number of phenolic OH excluding ortho intramolecular Hbond substituents is 1. The number of likely N-dealkylation sites (N-methyl/N-ethyl adjacent to an activating group) is 1. The summed E-state index contributed by atoms with van der Waals surface area (Å²) in [5, 5.41) is 23.5. The molecule has 1 aromatic heterocycles. The molecule has 3 N–H and O–H groups in total. The van der Waals surface area contributed by atoms with Crippen molar-refractivity contribution in [3.05, 3.63) is 108 Å². The summed E-state index contributed by atoms with van der Waals surface area (Å²) in [6.07, 6.45) is 0.566. The van der Waals surface area contributed by atoms with E-state index in [0.29, 0.717) is 29.3 Å². The van der Waals surface area contributed by atoms with Gasteiger partial charge in [0.2, 0.25) is 5.95 Å². The number of carbonyl (C=O) groups excluding carboxylic acids is 1. The number of rotatable bonds is 8. The molecule has 0 spiro atoms. The van der Waals surface area contributed by atoms with Gasteiger partial charge in [-0.25, -0.2) is 9.97 Å². The number of hydrogen-bond acceptors (Lipinski definition) is 6. The molecule has 7 heteroatoms. The number of aromatic hydroxyl groups is 1. The fourth-order valence-corrected chi connectivity index (χ4v) is 3.60. The minimum absolute atomic E-state index is 0.0462. The Kier molecular flexibility index (Phi) is 7.15. The summed E-state index contributed by atoms with van der Waals surface area (Å²) in [5.74, 6) is 0.165. The van der Waals surface area contributed by atoms with Crippen LogP contribution < -0.4 is 5.32 Å². The van der Waals surface area contributed by atoms with E-state index in [0.717, 1.165) is 11.1 Å². The third-order valence-electron chi connectivity index (χ3n) is 5.41. The maximum absolute atomic E-state index is 13.3. The third-order valence-corrected chi connectivity index (χ3v) is 5.41. The van der Waals surface area contributed by atoms with Crippen LogP contribution in [0.3, 0.4) is 0 Å². The summed E-state index contributed by atoms with van der Waals surface area (Å²) in [7, 11) is 1.62. The van der Waals surface area contributed by atoms with Gasteiger partial charge in [-0.05, 0) is 23.3 Å². The smallest absolute Gasteiger partial charge is 0.257 e. The molecule has 172 valence electrons. The Morgan fingerprint density at radius 2 is 1.71 bits per heavy atom. The van der Waals surface area contributed by atoms with E-state index in [9.17, 15) is 15.0 Å². The van der Waals surface area contributed by atoms with Crippen LogP contribution in [0, 0.1) is 0 Å². The Balaban J connectivity index is 1.57. The summed E-state index contributed by atoms with van der Waals surface area (Å²) in [4.78, 5) is 23.8. The molecule has 0 bridgehead atoms. The summed E-state index contributed by atoms with van der Waals surface area (Å²) >= 11 is 0. The standard InChI is InChI=1S/C27H26N4O3/c1-31(18-24(33)21-13-8-14-22(32)15-21)26(34)23-17-29-27(28-16-19-9-4-2-5-10-19)30-25(23)20-11-6-3-7-12-20/h2-15,17,24,32-33H,16,18H2,1H3,(H,28,29,30). The average Bonchev–Trinajstić information content (AvgIpc) is 2.88. The zero-order valence-electron chi connectivity index (χ0n) is 18.8. The van der Waals surface area contributed by atoms with Gasteiger partial charge in [-0.2, -0.15) is 0 Å². The summed E-state index contributed by atoms with van der Waals surface area (Å²) in [6, 6.07) is 25.7. The van der Waals surface area contributed by atoms with E-state index in [4.69, 9.17) is 0 Å². The maximum Gasteiger partial charge on any atom is 0.257 e. The Labute approximate surface area is 198 Å². The van der Waals surface area contributed by atoms with Crippen molar-refractivity contribution in [2.45, 2.75) is 12.6 Å². The number of carbonyl (C=O) groups is 1. The highest BCUT2D eigenvalue weighted by atomic mass is 16.3. The van der Waals surface area contributed by atoms with Gasteiger partial charge in [0.05, 0.1) is 23.9 Å². The molecule has 0 aliphatic heterocycles. The molecule has 7 nitrogen and oxygen atoms in total. The summed E-state index contributed by atoms with van der Waals surface area (Å²) < 4.78 is 0. The van der Waals surface area contributed by atoms with Crippen molar-refractivity contribution in [2.24, 2.45) is 0 Å². The zero-order valence-corrected chi connectivity index (χ0v) is 18.8. The SMILES string of the molecule is CN(CC(O)c1cccc(O)c1)C(=O)c1cnc(NCc2ccccc2)nc1-c1ccccc1. The Morgan fingerprint density at radius 3 is 2.41 bits per heavy atom. The molecule has 0 fully saturated rings. The molecule has 0 saturated carbocycles. The largest absolute Gasteiger partial charge is 0.508 e. The first-order valence-corrected chi connectivity index (χ1v) is 10.9. The van der Waals surface area contributed by atoms with Crippen molar-refractivity contribution >= 4 is 11.9 Å². The van der Waals surface area contributed by atoms with Crippen LogP contribution in [0.1, 0.15) is 27.6 Å². The molecule has 34 heavy (non-hydrogen) atoms. The van der Waals surface area contributed by atoms with Crippen LogP contribution >= 0.6 is 0 Å². The van der Waals surface area contributed by atoms with E-state index in [2.05, 4.69) is 15.3 Å². The number of phenols is 1. The quantitative estimate of drug-likeness (QED) is 0.368. The van der Waals surface area contributed by atoms with Crippen LogP contribution in [0.2, 0.25) is 0 Å². The monoisotopic (exact) mass is 454 g/mol. The van der Waals surface area contributed by atoms with Gasteiger partial charge < -0.3 is 20.4 Å². The van der Waals surface area contributed by atoms with Gasteiger partial charge in [-0.15, -0.1) is 0 Å². The lowest BCUT2D eigenvalue weighted by Gasteiger charge is -2.22. The third kappa shape index (κ3) is 5.57. The van der Waals surface area contributed by atoms with Crippen molar-refractivity contribution in [3.8, 4) is 17.0 Å². The number of anilines is 1. The maximum atomic E-state index is 13.3. The van der Waals surface area contributed by atoms with E-state index in [-0.39, 0.29) is 18.2 Å². The Bertz CT molecular complexity index is 1250. The van der Waals surface area contributed by atoms with Gasteiger partial charge in [0.1, 0.15) is 5.75 Å². The number of nitrogens with zero attached hydrogens (tertiary/aromatic N) is 3. The number of aromatic nitrogens is 2. The van der Waals surface area contributed by atoms with Crippen LogP contribution in [0.25, 0.3) is 11.3 Å². The highest BCUT2D eigenvalue weighted by Crippen LogP contribution is 2.25. The number of nitrogens with one attached hydrogen (secondary N) is 1. The number of benzene rings is 3. The van der Waals surface area contributed by atoms with Crippen molar-refractivity contribution < 1.29 is 15.0 Å². The predicted octanol–water partition coefficient (Wildman–Crippen LogP) is 4.27. The van der Waals surface area contributed by atoms with Crippen molar-refractivity contribution in [2.75, 3.05) is 18.9 Å². The molecule has 4 aromatic rings. The van der Waals surface area contributed by atoms with Crippen LogP contribution in [-0.2, 0) is 6.54 Å². The van der Waals surface area contributed by atoms with Gasteiger partial charge in [-0.3, -0.25) is 4.79 Å². The molecule has 0 aliphatic rings. The highest BCUT2D eigenvalue weighted by Gasteiger charge is 2.22. The predicted molar refractivity (Wildman–Crippen MR) is 131 cm³/mol. The van der Waals surface area contributed by atoms with E-state index >= 15 is 0 Å². The number of hydrogen-bond donors (Lipinski definition) is 3. The fourth-order valence-electron chi connectivity index (χ4n) is 3.60. The Morgan fingerprint density at radius 1 is 1.00 bits per heavy atom. The van der Waals surface area contributed by atoms with Gasteiger partial charge in [-0.1, -0.05) is 72.8 Å². The van der Waals surface area contributed by atoms with Gasteiger partial charge in [0.25, 0.3) is 5.91 Å². The molecule has 0 radical (unpaired) electrons. The normalized spacial score (nSPS) is 11.6. The van der Waals surface area contributed by atoms with Crippen molar-refractivity contribution in [3.63, 3.8) is 0 Å². The molecule has 0 saturated heterocycles. The molecule has 4 rings (SSSR count). The molecule has 1 amide bonds. The van der Waals surface area contributed by atoms with Crippen LogP contribution in [0.4, 0.5) is 5.95 Å². The molecular weight excluding hydrogens is 428 g/mol. The topological polar surface area (TPSA) is 98.6 Å². The lowest BCUT2D eigenvalue weighted by Crippen LogP contribution is -2.31. The lowest BCUT2D eigenvalue weighted by molar-refractivity contribution is 0.0681. The highest BCUT2D eigenvalue weighted by molar-refractivity contribution is 5.99. The molecule has 1 unspecified atom stereocenters.